The summed E-state index contributed by atoms with van der Waals surface area (Å²) in [5.74, 6) is -1.93. The summed E-state index contributed by atoms with van der Waals surface area (Å²) in [5.41, 5.74) is 0.155. The summed E-state index contributed by atoms with van der Waals surface area (Å²) in [4.78, 5) is 12.6. The fourth-order valence-electron chi connectivity index (χ4n) is 2.42. The van der Waals surface area contributed by atoms with Crippen LogP contribution in [0, 0.1) is 0 Å². The number of allylic oxidation sites excluding steroid dienone is 2. The van der Waals surface area contributed by atoms with E-state index in [1.165, 1.54) is 29.4 Å². The van der Waals surface area contributed by atoms with Crippen molar-refractivity contribution in [3.8, 4) is 0 Å². The zero-order valence-electron chi connectivity index (χ0n) is 13.3. The molecule has 138 valence electrons. The molecule has 10 heteroatoms. The van der Waals surface area contributed by atoms with Gasteiger partial charge in [0.05, 0.1) is 4.90 Å². The summed E-state index contributed by atoms with van der Waals surface area (Å²) < 4.78 is 63.3. The molecule has 0 atom stereocenters. The van der Waals surface area contributed by atoms with Crippen LogP contribution in [0.15, 0.2) is 40.9 Å². The molecule has 0 aromatic heterocycles. The number of carbonyl (C=O) groups excluding carboxylic acids is 1. The second kappa shape index (κ2) is 7.35. The Bertz CT molecular complexity index is 785. The first-order chi connectivity index (χ1) is 11.5. The minimum Gasteiger partial charge on any atom is -0.372 e. The molecule has 1 aromatic carbocycles. The van der Waals surface area contributed by atoms with Crippen LogP contribution in [-0.2, 0) is 14.8 Å². The van der Waals surface area contributed by atoms with Crippen molar-refractivity contribution in [2.75, 3.05) is 26.2 Å². The van der Waals surface area contributed by atoms with Gasteiger partial charge in [-0.1, -0.05) is 17.7 Å². The van der Waals surface area contributed by atoms with Gasteiger partial charge in [0, 0.05) is 43.0 Å². The fraction of sp³-hybridized carbons (Fsp3) is 0.400. The van der Waals surface area contributed by atoms with Gasteiger partial charge in [-0.05, 0) is 25.1 Å². The molecule has 0 radical (unpaired) electrons. The first-order valence-corrected chi connectivity index (χ1v) is 9.14. The van der Waals surface area contributed by atoms with Gasteiger partial charge in [0.2, 0.25) is 10.0 Å². The molecular formula is C15H16ClF3N2O3S. The number of piperazine rings is 1. The van der Waals surface area contributed by atoms with Crippen LogP contribution in [0.1, 0.15) is 6.92 Å². The molecule has 1 saturated heterocycles. The molecule has 0 amide bonds. The number of benzene rings is 1. The number of alkyl halides is 3. The second-order valence-corrected chi connectivity index (χ2v) is 7.87. The van der Waals surface area contributed by atoms with Crippen LogP contribution >= 0.6 is 11.6 Å². The van der Waals surface area contributed by atoms with Crippen molar-refractivity contribution in [2.24, 2.45) is 0 Å². The van der Waals surface area contributed by atoms with E-state index in [1.807, 2.05) is 0 Å². The second-order valence-electron chi connectivity index (χ2n) is 5.50. The lowest BCUT2D eigenvalue weighted by Gasteiger charge is -2.35. The van der Waals surface area contributed by atoms with Gasteiger partial charge in [-0.3, -0.25) is 4.79 Å². The van der Waals surface area contributed by atoms with Gasteiger partial charge in [0.15, 0.2) is 0 Å². The van der Waals surface area contributed by atoms with Crippen molar-refractivity contribution in [1.29, 1.82) is 0 Å². The predicted octanol–water partition coefficient (Wildman–Crippen LogP) is 2.68. The Morgan fingerprint density at radius 1 is 1.20 bits per heavy atom. The molecule has 1 aliphatic heterocycles. The molecule has 1 aliphatic rings. The largest absolute Gasteiger partial charge is 0.454 e. The number of carbonyl (C=O) groups is 1. The highest BCUT2D eigenvalue weighted by Crippen LogP contribution is 2.22. The van der Waals surface area contributed by atoms with E-state index in [0.717, 1.165) is 0 Å². The molecule has 1 heterocycles. The lowest BCUT2D eigenvalue weighted by atomic mass is 10.2. The van der Waals surface area contributed by atoms with Gasteiger partial charge in [-0.15, -0.1) is 0 Å². The molecule has 0 unspecified atom stereocenters. The number of rotatable bonds is 4. The van der Waals surface area contributed by atoms with Crippen LogP contribution in [0.5, 0.6) is 0 Å². The van der Waals surface area contributed by atoms with Crippen molar-refractivity contribution in [3.05, 3.63) is 41.1 Å². The summed E-state index contributed by atoms with van der Waals surface area (Å²) in [6.45, 7) is 1.96. The van der Waals surface area contributed by atoms with Crippen molar-refractivity contribution in [3.63, 3.8) is 0 Å². The Hall–Kier alpha value is -1.58. The molecule has 2 rings (SSSR count). The SMILES string of the molecule is C/C(=C/C(=O)C(F)(F)F)N1CCN(S(=O)(=O)c2cccc(Cl)c2)CC1. The number of sulfonamides is 1. The van der Waals surface area contributed by atoms with E-state index in [2.05, 4.69) is 0 Å². The molecule has 0 spiro atoms. The maximum Gasteiger partial charge on any atom is 0.454 e. The van der Waals surface area contributed by atoms with Crippen LogP contribution < -0.4 is 0 Å². The van der Waals surface area contributed by atoms with Crippen molar-refractivity contribution in [2.45, 2.75) is 18.0 Å². The van der Waals surface area contributed by atoms with Gasteiger partial charge in [0.25, 0.3) is 5.78 Å². The van der Waals surface area contributed by atoms with Gasteiger partial charge in [0.1, 0.15) is 0 Å². The topological polar surface area (TPSA) is 57.7 Å². The van der Waals surface area contributed by atoms with Gasteiger partial charge < -0.3 is 4.90 Å². The molecule has 1 aromatic rings. The van der Waals surface area contributed by atoms with Crippen molar-refractivity contribution < 1.29 is 26.4 Å². The normalized spacial score (nSPS) is 17.6. The third-order valence-corrected chi connectivity index (χ3v) is 5.92. The lowest BCUT2D eigenvalue weighted by Crippen LogP contribution is -2.48. The Kier molecular flexibility index (Phi) is 5.80. The summed E-state index contributed by atoms with van der Waals surface area (Å²) >= 11 is 5.82. The maximum atomic E-state index is 12.6. The molecule has 1 fully saturated rings. The Balaban J connectivity index is 2.06. The van der Waals surface area contributed by atoms with E-state index in [0.29, 0.717) is 11.1 Å². The number of halogens is 4. The first kappa shape index (κ1) is 19.7. The van der Waals surface area contributed by atoms with E-state index >= 15 is 0 Å². The molecule has 0 bridgehead atoms. The molecule has 0 saturated carbocycles. The zero-order valence-corrected chi connectivity index (χ0v) is 14.8. The smallest absolute Gasteiger partial charge is 0.372 e. The average Bonchev–Trinajstić information content (AvgIpc) is 2.54. The van der Waals surface area contributed by atoms with E-state index in [1.54, 1.807) is 11.0 Å². The molecule has 0 aliphatic carbocycles. The van der Waals surface area contributed by atoms with Crippen molar-refractivity contribution in [1.82, 2.24) is 9.21 Å². The van der Waals surface area contributed by atoms with E-state index in [9.17, 15) is 26.4 Å². The van der Waals surface area contributed by atoms with Crippen LogP contribution in [-0.4, -0.2) is 55.8 Å². The zero-order chi connectivity index (χ0) is 18.8. The van der Waals surface area contributed by atoms with Gasteiger partial charge in [-0.25, -0.2) is 8.42 Å². The van der Waals surface area contributed by atoms with Crippen molar-refractivity contribution >= 4 is 27.4 Å². The first-order valence-electron chi connectivity index (χ1n) is 7.32. The molecule has 0 N–H and O–H groups in total. The number of nitrogens with zero attached hydrogens (tertiary/aromatic N) is 2. The minimum absolute atomic E-state index is 0.0629. The summed E-state index contributed by atoms with van der Waals surface area (Å²) in [6, 6.07) is 5.86. The Labute approximate surface area is 148 Å². The monoisotopic (exact) mass is 396 g/mol. The third-order valence-electron chi connectivity index (χ3n) is 3.79. The molecule has 25 heavy (non-hydrogen) atoms. The maximum absolute atomic E-state index is 12.6. The highest BCUT2D eigenvalue weighted by molar-refractivity contribution is 7.89. The fourth-order valence-corrected chi connectivity index (χ4v) is 4.14. The molecular weight excluding hydrogens is 381 g/mol. The number of ketones is 1. The summed E-state index contributed by atoms with van der Waals surface area (Å²) in [7, 11) is -3.72. The summed E-state index contributed by atoms with van der Waals surface area (Å²) in [5, 5.41) is 0.296. The molecule has 5 nitrogen and oxygen atoms in total. The minimum atomic E-state index is -4.92. The highest BCUT2D eigenvalue weighted by Gasteiger charge is 2.37. The van der Waals surface area contributed by atoms with Crippen LogP contribution in [0.2, 0.25) is 5.02 Å². The highest BCUT2D eigenvalue weighted by atomic mass is 35.5. The van der Waals surface area contributed by atoms with Crippen LogP contribution in [0.3, 0.4) is 0 Å². The quantitative estimate of drug-likeness (QED) is 0.734. The lowest BCUT2D eigenvalue weighted by molar-refractivity contribution is -0.165. The predicted molar refractivity (Wildman–Crippen MR) is 86.6 cm³/mol. The average molecular weight is 397 g/mol. The van der Waals surface area contributed by atoms with Gasteiger partial charge >= 0.3 is 6.18 Å². The Morgan fingerprint density at radius 2 is 1.80 bits per heavy atom. The third kappa shape index (κ3) is 4.74. The summed E-state index contributed by atoms with van der Waals surface area (Å²) in [6.07, 6.45) is -4.39. The number of hydrogen-bond donors (Lipinski definition) is 0. The standard InChI is InChI=1S/C15H16ClF3N2O3S/c1-11(9-14(22)15(17,18)19)20-5-7-21(8-6-20)25(23,24)13-4-2-3-12(16)10-13/h2-4,9-10H,5-8H2,1H3/b11-9-. The van der Waals surface area contributed by atoms with Crippen LogP contribution in [0.25, 0.3) is 0 Å². The van der Waals surface area contributed by atoms with E-state index in [-0.39, 0.29) is 36.8 Å². The van der Waals surface area contributed by atoms with Gasteiger partial charge in [-0.2, -0.15) is 17.5 Å². The van der Waals surface area contributed by atoms with Crippen LogP contribution in [0.4, 0.5) is 13.2 Å². The number of hydrogen-bond acceptors (Lipinski definition) is 4. The van der Waals surface area contributed by atoms with E-state index in [4.69, 9.17) is 11.6 Å². The van der Waals surface area contributed by atoms with E-state index < -0.39 is 22.0 Å². The Morgan fingerprint density at radius 3 is 2.32 bits per heavy atom.